The van der Waals surface area contributed by atoms with E-state index in [0.717, 1.165) is 32.2 Å². The molecule has 0 aliphatic carbocycles. The molecule has 7 heteroatoms. The number of hydrogen-bond acceptors (Lipinski definition) is 7. The van der Waals surface area contributed by atoms with Crippen LogP contribution in [0.2, 0.25) is 0 Å². The lowest BCUT2D eigenvalue weighted by Gasteiger charge is -2.29. The van der Waals surface area contributed by atoms with E-state index in [0.29, 0.717) is 5.95 Å². The maximum absolute atomic E-state index is 10.7. The van der Waals surface area contributed by atoms with Crippen LogP contribution in [-0.2, 0) is 4.79 Å². The summed E-state index contributed by atoms with van der Waals surface area (Å²) < 4.78 is 10.0. The van der Waals surface area contributed by atoms with Crippen LogP contribution in [0, 0.1) is 5.92 Å². The number of carbonyl (C=O) groups is 1. The van der Waals surface area contributed by atoms with Crippen LogP contribution in [0.3, 0.4) is 0 Å². The van der Waals surface area contributed by atoms with Gasteiger partial charge >= 0.3 is 12.0 Å². The highest BCUT2D eigenvalue weighted by Gasteiger charge is 2.21. The summed E-state index contributed by atoms with van der Waals surface area (Å²) in [5, 5.41) is 0. The number of ether oxygens (including phenoxy) is 2. The van der Waals surface area contributed by atoms with Crippen LogP contribution in [0.1, 0.15) is 12.8 Å². The van der Waals surface area contributed by atoms with Crippen molar-refractivity contribution < 1.29 is 14.3 Å². The predicted molar refractivity (Wildman–Crippen MR) is 63.9 cm³/mol. The minimum absolute atomic E-state index is 0.145. The molecule has 1 aromatic heterocycles. The van der Waals surface area contributed by atoms with E-state index in [1.54, 1.807) is 0 Å². The number of nitrogens with zero attached hydrogens (tertiary/aromatic N) is 4. The molecule has 18 heavy (non-hydrogen) atoms. The molecule has 0 radical (unpaired) electrons. The minimum Gasteiger partial charge on any atom is -0.467 e. The van der Waals surface area contributed by atoms with E-state index in [1.807, 2.05) is 4.90 Å². The number of carbonyl (C=O) groups excluding carboxylic acids is 1. The fraction of sp³-hybridized carbons (Fsp3) is 0.636. The van der Waals surface area contributed by atoms with Gasteiger partial charge in [-0.3, -0.25) is 0 Å². The smallest absolute Gasteiger partial charge is 0.324 e. The molecule has 0 bridgehead atoms. The van der Waals surface area contributed by atoms with E-state index < -0.39 is 0 Å². The van der Waals surface area contributed by atoms with Crippen LogP contribution in [0.4, 0.5) is 5.95 Å². The van der Waals surface area contributed by atoms with Gasteiger partial charge in [0.2, 0.25) is 5.95 Å². The Balaban J connectivity index is 2.15. The van der Waals surface area contributed by atoms with Crippen molar-refractivity contribution >= 4 is 12.2 Å². The first-order chi connectivity index (χ1) is 8.76. The average molecular weight is 252 g/mol. The Morgan fingerprint density at radius 2 is 1.67 bits per heavy atom. The highest BCUT2D eigenvalue weighted by Crippen LogP contribution is 2.21. The summed E-state index contributed by atoms with van der Waals surface area (Å²) in [4.78, 5) is 25.0. The zero-order valence-corrected chi connectivity index (χ0v) is 10.5. The van der Waals surface area contributed by atoms with Crippen molar-refractivity contribution in [1.29, 1.82) is 0 Å². The second-order valence-electron chi connectivity index (χ2n) is 4.07. The van der Waals surface area contributed by atoms with Gasteiger partial charge in [0.25, 0.3) is 0 Å². The topological polar surface area (TPSA) is 77.4 Å². The zero-order valence-electron chi connectivity index (χ0n) is 10.5. The van der Waals surface area contributed by atoms with Gasteiger partial charge in [-0.05, 0) is 12.8 Å². The number of methoxy groups -OCH3 is 2. The molecule has 1 fully saturated rings. The van der Waals surface area contributed by atoms with Gasteiger partial charge in [-0.15, -0.1) is 4.98 Å². The lowest BCUT2D eigenvalue weighted by Crippen LogP contribution is -2.35. The van der Waals surface area contributed by atoms with Gasteiger partial charge in [-0.25, -0.2) is 0 Å². The summed E-state index contributed by atoms with van der Waals surface area (Å²) in [5.41, 5.74) is 0. The normalized spacial score (nSPS) is 16.4. The van der Waals surface area contributed by atoms with E-state index in [2.05, 4.69) is 15.0 Å². The molecule has 1 saturated heterocycles. The quantitative estimate of drug-likeness (QED) is 0.713. The summed E-state index contributed by atoms with van der Waals surface area (Å²) >= 11 is 0. The van der Waals surface area contributed by atoms with Gasteiger partial charge in [0.1, 0.15) is 6.29 Å². The largest absolute Gasteiger partial charge is 0.467 e. The predicted octanol–water partition coefficient (Wildman–Crippen LogP) is 0.304. The Hall–Kier alpha value is -1.92. The first kappa shape index (κ1) is 12.5. The van der Waals surface area contributed by atoms with E-state index in [9.17, 15) is 4.79 Å². The first-order valence-corrected chi connectivity index (χ1v) is 5.81. The molecule has 0 spiro atoms. The number of hydrogen-bond donors (Lipinski definition) is 0. The molecule has 0 amide bonds. The number of anilines is 1. The molecule has 7 nitrogen and oxygen atoms in total. The minimum atomic E-state index is 0.145. The van der Waals surface area contributed by atoms with E-state index in [1.165, 1.54) is 14.2 Å². The van der Waals surface area contributed by atoms with E-state index >= 15 is 0 Å². The summed E-state index contributed by atoms with van der Waals surface area (Å²) in [6.07, 6.45) is 2.66. The van der Waals surface area contributed by atoms with Crippen molar-refractivity contribution in [2.45, 2.75) is 12.8 Å². The van der Waals surface area contributed by atoms with Crippen molar-refractivity contribution in [3.8, 4) is 12.0 Å². The highest BCUT2D eigenvalue weighted by atomic mass is 16.5. The second kappa shape index (κ2) is 5.61. The number of aldehydes is 1. The van der Waals surface area contributed by atoms with Crippen molar-refractivity contribution in [3.05, 3.63) is 0 Å². The molecule has 1 aromatic rings. The maximum Gasteiger partial charge on any atom is 0.324 e. The molecule has 0 saturated carbocycles. The Bertz CT molecular complexity index is 396. The first-order valence-electron chi connectivity index (χ1n) is 5.81. The maximum atomic E-state index is 10.7. The van der Waals surface area contributed by atoms with Gasteiger partial charge < -0.3 is 19.2 Å². The standard InChI is InChI=1S/C11H16N4O3/c1-17-10-12-9(13-11(14-10)18-2)15-5-3-8(7-16)4-6-15/h7-8H,3-6H2,1-2H3. The van der Waals surface area contributed by atoms with Crippen LogP contribution >= 0.6 is 0 Å². The molecule has 0 N–H and O–H groups in total. The number of piperidine rings is 1. The summed E-state index contributed by atoms with van der Waals surface area (Å²) in [6.45, 7) is 1.50. The number of aromatic nitrogens is 3. The van der Waals surface area contributed by atoms with Crippen molar-refractivity contribution in [2.24, 2.45) is 5.92 Å². The fourth-order valence-electron chi connectivity index (χ4n) is 1.89. The van der Waals surface area contributed by atoms with Crippen molar-refractivity contribution in [3.63, 3.8) is 0 Å². The molecule has 0 atom stereocenters. The number of rotatable bonds is 4. The highest BCUT2D eigenvalue weighted by molar-refractivity contribution is 5.54. The molecular weight excluding hydrogens is 236 g/mol. The van der Waals surface area contributed by atoms with Crippen molar-refractivity contribution in [2.75, 3.05) is 32.2 Å². The third-order valence-electron chi connectivity index (χ3n) is 2.96. The molecule has 0 unspecified atom stereocenters. The van der Waals surface area contributed by atoms with Crippen LogP contribution < -0.4 is 14.4 Å². The van der Waals surface area contributed by atoms with Gasteiger partial charge in [0, 0.05) is 19.0 Å². The van der Waals surface area contributed by atoms with Gasteiger partial charge in [0.15, 0.2) is 0 Å². The lowest BCUT2D eigenvalue weighted by atomic mass is 9.99. The zero-order chi connectivity index (χ0) is 13.0. The Morgan fingerprint density at radius 1 is 1.11 bits per heavy atom. The third-order valence-corrected chi connectivity index (χ3v) is 2.96. The summed E-state index contributed by atoms with van der Waals surface area (Å²) in [6, 6.07) is 0.462. The van der Waals surface area contributed by atoms with Crippen LogP contribution in [0.5, 0.6) is 12.0 Å². The Kier molecular flexibility index (Phi) is 3.91. The van der Waals surface area contributed by atoms with Gasteiger partial charge in [-0.2, -0.15) is 9.97 Å². The van der Waals surface area contributed by atoms with Crippen LogP contribution in [0.25, 0.3) is 0 Å². The molecule has 0 aromatic carbocycles. The van der Waals surface area contributed by atoms with Crippen molar-refractivity contribution in [1.82, 2.24) is 15.0 Å². The molecule has 2 rings (SSSR count). The van der Waals surface area contributed by atoms with Gasteiger partial charge in [-0.1, -0.05) is 0 Å². The second-order valence-corrected chi connectivity index (χ2v) is 4.07. The molecule has 1 aliphatic heterocycles. The lowest BCUT2D eigenvalue weighted by molar-refractivity contribution is -0.111. The third kappa shape index (κ3) is 2.66. The summed E-state index contributed by atoms with van der Waals surface area (Å²) in [5.74, 6) is 0.676. The monoisotopic (exact) mass is 252 g/mol. The summed E-state index contributed by atoms with van der Waals surface area (Å²) in [7, 11) is 2.99. The SMILES string of the molecule is COc1nc(OC)nc(N2CCC(C=O)CC2)n1. The van der Waals surface area contributed by atoms with Crippen LogP contribution in [-0.4, -0.2) is 48.5 Å². The Labute approximate surface area is 105 Å². The fourth-order valence-corrected chi connectivity index (χ4v) is 1.89. The van der Waals surface area contributed by atoms with E-state index in [4.69, 9.17) is 9.47 Å². The van der Waals surface area contributed by atoms with Gasteiger partial charge in [0.05, 0.1) is 14.2 Å². The molecule has 2 heterocycles. The van der Waals surface area contributed by atoms with E-state index in [-0.39, 0.29) is 17.9 Å². The average Bonchev–Trinajstić information content (AvgIpc) is 2.46. The molecule has 1 aliphatic rings. The molecular formula is C11H16N4O3. The molecule has 98 valence electrons. The Morgan fingerprint density at radius 3 is 2.11 bits per heavy atom. The van der Waals surface area contributed by atoms with Crippen LogP contribution in [0.15, 0.2) is 0 Å².